The van der Waals surface area contributed by atoms with Crippen molar-refractivity contribution in [1.29, 1.82) is 0 Å². The van der Waals surface area contributed by atoms with Gasteiger partial charge in [0.2, 0.25) is 0 Å². The summed E-state index contributed by atoms with van der Waals surface area (Å²) >= 11 is 0. The number of nitrogens with one attached hydrogen (secondary N) is 1. The summed E-state index contributed by atoms with van der Waals surface area (Å²) in [6, 6.07) is 17.7. The lowest BCUT2D eigenvalue weighted by molar-refractivity contribution is 0.240. The molecule has 1 aliphatic rings. The SMILES string of the molecule is O=P(OC1=CCCCN1)(Oc1ccccc1)Oc1ccccc1. The fourth-order valence-electron chi connectivity index (χ4n) is 2.09. The predicted molar refractivity (Wildman–Crippen MR) is 88.2 cm³/mol. The van der Waals surface area contributed by atoms with Crippen LogP contribution in [0.15, 0.2) is 72.6 Å². The van der Waals surface area contributed by atoms with E-state index >= 15 is 0 Å². The molecule has 2 aromatic carbocycles. The highest BCUT2D eigenvalue weighted by Crippen LogP contribution is 2.51. The normalized spacial score (nSPS) is 14.3. The largest absolute Gasteiger partial charge is 0.648 e. The number of allylic oxidation sites excluding steroid dienone is 1. The van der Waals surface area contributed by atoms with Gasteiger partial charge >= 0.3 is 7.82 Å². The number of hydrogen-bond donors (Lipinski definition) is 1. The Bertz CT molecular complexity index is 658. The van der Waals surface area contributed by atoms with Crippen LogP contribution in [0.4, 0.5) is 0 Å². The van der Waals surface area contributed by atoms with Gasteiger partial charge < -0.3 is 18.9 Å². The molecule has 1 N–H and O–H groups in total. The molecule has 0 unspecified atom stereocenters. The topological polar surface area (TPSA) is 56.8 Å². The second-order valence-corrected chi connectivity index (χ2v) is 6.43. The molecule has 5 nitrogen and oxygen atoms in total. The third-order valence-electron chi connectivity index (χ3n) is 3.14. The molecule has 0 radical (unpaired) electrons. The van der Waals surface area contributed by atoms with Gasteiger partial charge in [0.15, 0.2) is 5.88 Å². The Balaban J connectivity index is 1.82. The van der Waals surface area contributed by atoms with Crippen molar-refractivity contribution >= 4 is 7.82 Å². The van der Waals surface area contributed by atoms with Crippen molar-refractivity contribution in [1.82, 2.24) is 5.32 Å². The third-order valence-corrected chi connectivity index (χ3v) is 4.43. The quantitative estimate of drug-likeness (QED) is 0.790. The van der Waals surface area contributed by atoms with Gasteiger partial charge in [-0.2, -0.15) is 4.57 Å². The minimum absolute atomic E-state index is 0.420. The number of para-hydroxylation sites is 2. The lowest BCUT2D eigenvalue weighted by atomic mass is 10.2. The summed E-state index contributed by atoms with van der Waals surface area (Å²) in [5, 5.41) is 3.05. The lowest BCUT2D eigenvalue weighted by Gasteiger charge is -2.22. The van der Waals surface area contributed by atoms with E-state index in [1.807, 2.05) is 18.2 Å². The molecular weight excluding hydrogens is 313 g/mol. The Morgan fingerprint density at radius 2 is 1.39 bits per heavy atom. The van der Waals surface area contributed by atoms with Crippen molar-refractivity contribution in [2.75, 3.05) is 6.54 Å². The van der Waals surface area contributed by atoms with Gasteiger partial charge in [-0.15, -0.1) is 0 Å². The molecule has 23 heavy (non-hydrogen) atoms. The van der Waals surface area contributed by atoms with Crippen LogP contribution < -0.4 is 14.4 Å². The molecule has 1 heterocycles. The van der Waals surface area contributed by atoms with Gasteiger partial charge in [-0.1, -0.05) is 36.4 Å². The summed E-state index contributed by atoms with van der Waals surface area (Å²) in [7, 11) is -3.86. The van der Waals surface area contributed by atoms with E-state index in [0.717, 1.165) is 19.4 Å². The van der Waals surface area contributed by atoms with Crippen LogP contribution in [0.3, 0.4) is 0 Å². The van der Waals surface area contributed by atoms with E-state index < -0.39 is 7.82 Å². The number of hydrogen-bond acceptors (Lipinski definition) is 5. The summed E-state index contributed by atoms with van der Waals surface area (Å²) < 4.78 is 29.7. The molecule has 0 amide bonds. The standard InChI is InChI=1S/C17H18NO4P/c19-23(20-15-9-3-1-4-10-15,21-16-11-5-2-6-12-16)22-17-13-7-8-14-18-17/h1-6,9-13,18H,7-8,14H2. The van der Waals surface area contributed by atoms with Gasteiger partial charge in [-0.3, -0.25) is 0 Å². The molecule has 0 aromatic heterocycles. The van der Waals surface area contributed by atoms with Crippen LogP contribution >= 0.6 is 7.82 Å². The summed E-state index contributed by atoms with van der Waals surface area (Å²) in [5.41, 5.74) is 0. The molecule has 0 atom stereocenters. The second-order valence-electron chi connectivity index (χ2n) is 4.98. The molecular formula is C17H18NO4P. The summed E-state index contributed by atoms with van der Waals surface area (Å²) in [4.78, 5) is 0. The molecule has 0 spiro atoms. The van der Waals surface area contributed by atoms with Crippen molar-refractivity contribution < 1.29 is 18.1 Å². The Hall–Kier alpha value is -2.39. The van der Waals surface area contributed by atoms with Crippen molar-refractivity contribution in [2.45, 2.75) is 12.8 Å². The van der Waals surface area contributed by atoms with Crippen molar-refractivity contribution in [3.8, 4) is 11.5 Å². The maximum Gasteiger partial charge on any atom is 0.648 e. The molecule has 3 rings (SSSR count). The van der Waals surface area contributed by atoms with Gasteiger partial charge in [-0.25, -0.2) is 0 Å². The van der Waals surface area contributed by atoms with Crippen molar-refractivity contribution in [3.05, 3.63) is 72.6 Å². The average Bonchev–Trinajstić information content (AvgIpc) is 2.57. The first-order chi connectivity index (χ1) is 11.2. The zero-order valence-corrected chi connectivity index (χ0v) is 13.4. The second kappa shape index (κ2) is 7.25. The molecule has 0 saturated carbocycles. The number of rotatable bonds is 6. The molecule has 0 saturated heterocycles. The Labute approximate surface area is 135 Å². The minimum atomic E-state index is -3.86. The molecule has 6 heteroatoms. The maximum atomic E-state index is 13.1. The van der Waals surface area contributed by atoms with Crippen LogP contribution in [0.2, 0.25) is 0 Å². The number of phosphoric ester groups is 1. The van der Waals surface area contributed by atoms with Gasteiger partial charge in [0.05, 0.1) is 0 Å². The number of phosphoric acid groups is 1. The van der Waals surface area contributed by atoms with Crippen LogP contribution in [0, 0.1) is 0 Å². The van der Waals surface area contributed by atoms with Gasteiger partial charge in [0.1, 0.15) is 11.5 Å². The van der Waals surface area contributed by atoms with Crippen molar-refractivity contribution in [3.63, 3.8) is 0 Å². The highest BCUT2D eigenvalue weighted by molar-refractivity contribution is 7.49. The third kappa shape index (κ3) is 4.54. The van der Waals surface area contributed by atoms with E-state index in [9.17, 15) is 4.57 Å². The molecule has 2 aromatic rings. The lowest BCUT2D eigenvalue weighted by Crippen LogP contribution is -2.21. The van der Waals surface area contributed by atoms with Crippen LogP contribution in [-0.4, -0.2) is 6.54 Å². The molecule has 0 fully saturated rings. The molecule has 120 valence electrons. The highest BCUT2D eigenvalue weighted by Gasteiger charge is 2.34. The predicted octanol–water partition coefficient (Wildman–Crippen LogP) is 4.49. The van der Waals surface area contributed by atoms with E-state index in [-0.39, 0.29) is 0 Å². The molecule has 1 aliphatic heterocycles. The minimum Gasteiger partial charge on any atom is -0.386 e. The summed E-state index contributed by atoms with van der Waals surface area (Å²) in [5.74, 6) is 1.26. The molecule has 0 bridgehead atoms. The smallest absolute Gasteiger partial charge is 0.386 e. The Morgan fingerprint density at radius 3 is 1.87 bits per heavy atom. The van der Waals surface area contributed by atoms with E-state index in [1.165, 1.54) is 0 Å². The van der Waals surface area contributed by atoms with Crippen LogP contribution in [0.1, 0.15) is 12.8 Å². The maximum absolute atomic E-state index is 13.1. The summed E-state index contributed by atoms with van der Waals surface area (Å²) in [6.07, 6.45) is 3.72. The van der Waals surface area contributed by atoms with Crippen LogP contribution in [0.25, 0.3) is 0 Å². The van der Waals surface area contributed by atoms with Gasteiger partial charge in [-0.05, 0) is 43.2 Å². The van der Waals surface area contributed by atoms with Crippen LogP contribution in [0.5, 0.6) is 11.5 Å². The monoisotopic (exact) mass is 331 g/mol. The Kier molecular flexibility index (Phi) is 4.89. The van der Waals surface area contributed by atoms with Crippen LogP contribution in [-0.2, 0) is 9.09 Å². The number of benzene rings is 2. The van der Waals surface area contributed by atoms with Crippen molar-refractivity contribution in [2.24, 2.45) is 0 Å². The Morgan fingerprint density at radius 1 is 0.826 bits per heavy atom. The fraction of sp³-hybridized carbons (Fsp3) is 0.176. The van der Waals surface area contributed by atoms with E-state index in [1.54, 1.807) is 48.5 Å². The zero-order chi connectivity index (χ0) is 16.0. The van der Waals surface area contributed by atoms with E-state index in [0.29, 0.717) is 17.4 Å². The first-order valence-electron chi connectivity index (χ1n) is 7.46. The van der Waals surface area contributed by atoms with Gasteiger partial charge in [0.25, 0.3) is 0 Å². The van der Waals surface area contributed by atoms with E-state index in [4.69, 9.17) is 13.6 Å². The highest BCUT2D eigenvalue weighted by atomic mass is 31.2. The summed E-state index contributed by atoms with van der Waals surface area (Å²) in [6.45, 7) is 0.766. The first kappa shape index (κ1) is 15.5. The fourth-order valence-corrected chi connectivity index (χ4v) is 3.34. The van der Waals surface area contributed by atoms with E-state index in [2.05, 4.69) is 5.32 Å². The molecule has 0 aliphatic carbocycles. The average molecular weight is 331 g/mol. The van der Waals surface area contributed by atoms with Gasteiger partial charge in [0, 0.05) is 6.54 Å². The zero-order valence-electron chi connectivity index (χ0n) is 12.6. The first-order valence-corrected chi connectivity index (χ1v) is 8.93.